The summed E-state index contributed by atoms with van der Waals surface area (Å²) >= 11 is 9.21. The van der Waals surface area contributed by atoms with Crippen molar-refractivity contribution in [2.24, 2.45) is 0 Å². The molecule has 0 spiro atoms. The minimum atomic E-state index is -0.0297. The lowest BCUT2D eigenvalue weighted by Gasteiger charge is -2.08. The molecule has 3 aromatic carbocycles. The summed E-state index contributed by atoms with van der Waals surface area (Å²) in [5.74, 6) is 0.673. The molecule has 0 bridgehead atoms. The van der Waals surface area contributed by atoms with Crippen LogP contribution in [0.3, 0.4) is 0 Å². The van der Waals surface area contributed by atoms with E-state index < -0.39 is 0 Å². The molecule has 0 aliphatic rings. The molecule has 144 valence electrons. The molecule has 1 aromatic heterocycles. The molecule has 0 unspecified atom stereocenters. The molecule has 0 N–H and O–H groups in total. The molecular formula is C23H18BrN3OS. The smallest absolute Gasteiger partial charge is 0.203 e. The number of rotatable bonds is 5. The fraction of sp³-hybridized carbons (Fsp3) is 0.0870. The van der Waals surface area contributed by atoms with Gasteiger partial charge in [-0.05, 0) is 49.0 Å². The van der Waals surface area contributed by atoms with Gasteiger partial charge in [-0.2, -0.15) is 5.10 Å². The van der Waals surface area contributed by atoms with Crippen LogP contribution in [-0.2, 0) is 6.54 Å². The third-order valence-electron chi connectivity index (χ3n) is 4.59. The first-order valence-corrected chi connectivity index (χ1v) is 10.3. The minimum Gasteiger partial charge on any atom is -0.292 e. The maximum atomic E-state index is 12.7. The van der Waals surface area contributed by atoms with Crippen LogP contribution >= 0.6 is 28.1 Å². The second-order valence-electron chi connectivity index (χ2n) is 6.73. The Kier molecular flexibility index (Phi) is 5.56. The van der Waals surface area contributed by atoms with Crippen LogP contribution in [0.4, 0.5) is 0 Å². The maximum absolute atomic E-state index is 12.7. The molecule has 0 aliphatic carbocycles. The van der Waals surface area contributed by atoms with Crippen molar-refractivity contribution in [1.29, 1.82) is 0 Å². The van der Waals surface area contributed by atoms with Crippen molar-refractivity contribution in [1.82, 2.24) is 14.3 Å². The molecule has 4 nitrogen and oxygen atoms in total. The van der Waals surface area contributed by atoms with Gasteiger partial charge in [0, 0.05) is 15.6 Å². The van der Waals surface area contributed by atoms with E-state index in [4.69, 9.17) is 17.3 Å². The molecule has 0 saturated heterocycles. The normalized spacial score (nSPS) is 10.8. The summed E-state index contributed by atoms with van der Waals surface area (Å²) in [6, 6.07) is 25.2. The summed E-state index contributed by atoms with van der Waals surface area (Å²) in [5, 5.41) is 4.72. The van der Waals surface area contributed by atoms with Gasteiger partial charge in [-0.3, -0.25) is 9.36 Å². The van der Waals surface area contributed by atoms with Gasteiger partial charge in [0.05, 0.1) is 5.69 Å². The molecule has 0 saturated carbocycles. The number of nitrogens with zero attached hydrogens (tertiary/aromatic N) is 3. The van der Waals surface area contributed by atoms with Crippen LogP contribution in [0.5, 0.6) is 0 Å². The van der Waals surface area contributed by atoms with Crippen LogP contribution in [0.2, 0.25) is 0 Å². The Morgan fingerprint density at radius 1 is 1.00 bits per heavy atom. The summed E-state index contributed by atoms with van der Waals surface area (Å²) in [6.07, 6.45) is 0. The molecular weight excluding hydrogens is 446 g/mol. The van der Waals surface area contributed by atoms with Gasteiger partial charge < -0.3 is 0 Å². The average molecular weight is 464 g/mol. The van der Waals surface area contributed by atoms with Crippen molar-refractivity contribution in [2.75, 3.05) is 0 Å². The second-order valence-corrected chi connectivity index (χ2v) is 8.02. The van der Waals surface area contributed by atoms with Crippen LogP contribution in [0.15, 0.2) is 83.3 Å². The number of Topliss-reactive ketones (excluding diaryl/α,β-unsaturated/α-hetero) is 1. The first-order valence-electron chi connectivity index (χ1n) is 9.14. The zero-order valence-electron chi connectivity index (χ0n) is 15.7. The number of carbonyl (C=O) groups excluding carboxylic acids is 1. The van der Waals surface area contributed by atoms with Gasteiger partial charge in [-0.15, -0.1) is 0 Å². The molecule has 4 rings (SSSR count). The summed E-state index contributed by atoms with van der Waals surface area (Å²) in [7, 11) is 0. The Morgan fingerprint density at radius 3 is 2.41 bits per heavy atom. The quantitative estimate of drug-likeness (QED) is 0.268. The van der Waals surface area contributed by atoms with E-state index in [-0.39, 0.29) is 12.3 Å². The first-order chi connectivity index (χ1) is 14.0. The van der Waals surface area contributed by atoms with Gasteiger partial charge in [0.15, 0.2) is 11.6 Å². The third-order valence-corrected chi connectivity index (χ3v) is 5.51. The Balaban J connectivity index is 1.83. The molecule has 6 heteroatoms. The van der Waals surface area contributed by atoms with Gasteiger partial charge in [0.1, 0.15) is 6.54 Å². The van der Waals surface area contributed by atoms with Crippen molar-refractivity contribution < 1.29 is 4.79 Å². The number of carbonyl (C=O) groups is 1. The topological polar surface area (TPSA) is 39.8 Å². The Labute approximate surface area is 182 Å². The van der Waals surface area contributed by atoms with Crippen LogP contribution in [0.1, 0.15) is 15.9 Å². The van der Waals surface area contributed by atoms with Crippen molar-refractivity contribution in [2.45, 2.75) is 13.5 Å². The predicted molar refractivity (Wildman–Crippen MR) is 121 cm³/mol. The number of hydrogen-bond donors (Lipinski definition) is 0. The monoisotopic (exact) mass is 463 g/mol. The van der Waals surface area contributed by atoms with Crippen LogP contribution in [0.25, 0.3) is 17.1 Å². The molecule has 29 heavy (non-hydrogen) atoms. The average Bonchev–Trinajstić information content (AvgIpc) is 3.05. The van der Waals surface area contributed by atoms with Crippen LogP contribution in [0, 0.1) is 11.7 Å². The van der Waals surface area contributed by atoms with E-state index in [0.717, 1.165) is 21.3 Å². The summed E-state index contributed by atoms with van der Waals surface area (Å²) < 4.78 is 4.99. The standard InChI is InChI=1S/C23H18BrN3OS/c1-16-6-5-9-20(14-16)27-22(18-10-12-19(24)13-11-18)25-26(23(27)29)15-21(28)17-7-3-2-4-8-17/h2-14H,15H2,1H3. The number of halogens is 1. The van der Waals surface area contributed by atoms with Crippen molar-refractivity contribution >= 4 is 33.9 Å². The summed E-state index contributed by atoms with van der Waals surface area (Å²) in [5.41, 5.74) is 3.61. The van der Waals surface area contributed by atoms with Gasteiger partial charge >= 0.3 is 0 Å². The molecule has 0 atom stereocenters. The molecule has 4 aromatic rings. The Bertz CT molecular complexity index is 1230. The fourth-order valence-electron chi connectivity index (χ4n) is 3.15. The van der Waals surface area contributed by atoms with Gasteiger partial charge in [-0.25, -0.2) is 4.68 Å². The van der Waals surface area contributed by atoms with Gasteiger partial charge in [0.2, 0.25) is 4.77 Å². The van der Waals surface area contributed by atoms with Gasteiger partial charge in [0.25, 0.3) is 0 Å². The first kappa shape index (κ1) is 19.5. The van der Waals surface area contributed by atoms with E-state index in [2.05, 4.69) is 22.0 Å². The number of ketones is 1. The number of aryl methyl sites for hydroxylation is 1. The highest BCUT2D eigenvalue weighted by molar-refractivity contribution is 9.10. The lowest BCUT2D eigenvalue weighted by molar-refractivity contribution is 0.0967. The molecule has 0 amide bonds. The second kappa shape index (κ2) is 8.27. The van der Waals surface area contributed by atoms with Crippen LogP contribution < -0.4 is 0 Å². The summed E-state index contributed by atoms with van der Waals surface area (Å²) in [4.78, 5) is 12.7. The predicted octanol–water partition coefficient (Wildman–Crippen LogP) is 6.02. The Hall–Kier alpha value is -2.83. The molecule has 1 heterocycles. The van der Waals surface area contributed by atoms with E-state index in [1.807, 2.05) is 72.2 Å². The lowest BCUT2D eigenvalue weighted by Crippen LogP contribution is -2.12. The van der Waals surface area contributed by atoms with E-state index in [1.165, 1.54) is 0 Å². The maximum Gasteiger partial charge on any atom is 0.203 e. The summed E-state index contributed by atoms with van der Waals surface area (Å²) in [6.45, 7) is 2.13. The highest BCUT2D eigenvalue weighted by Crippen LogP contribution is 2.25. The lowest BCUT2D eigenvalue weighted by atomic mass is 10.1. The largest absolute Gasteiger partial charge is 0.292 e. The van der Waals surface area contributed by atoms with Crippen molar-refractivity contribution in [3.05, 3.63) is 99.2 Å². The van der Waals surface area contributed by atoms with Crippen molar-refractivity contribution in [3.63, 3.8) is 0 Å². The van der Waals surface area contributed by atoms with E-state index in [1.54, 1.807) is 16.8 Å². The Morgan fingerprint density at radius 2 is 1.72 bits per heavy atom. The van der Waals surface area contributed by atoms with Gasteiger partial charge in [-0.1, -0.05) is 70.5 Å². The number of aromatic nitrogens is 3. The van der Waals surface area contributed by atoms with E-state index >= 15 is 0 Å². The highest BCUT2D eigenvalue weighted by atomic mass is 79.9. The SMILES string of the molecule is Cc1cccc(-n2c(-c3ccc(Br)cc3)nn(CC(=O)c3ccccc3)c2=S)c1. The van der Waals surface area contributed by atoms with Crippen LogP contribution in [-0.4, -0.2) is 20.1 Å². The minimum absolute atomic E-state index is 0.0297. The fourth-order valence-corrected chi connectivity index (χ4v) is 3.71. The van der Waals surface area contributed by atoms with Crippen molar-refractivity contribution in [3.8, 4) is 17.1 Å². The molecule has 0 fully saturated rings. The van der Waals surface area contributed by atoms with E-state index in [0.29, 0.717) is 16.2 Å². The number of hydrogen-bond acceptors (Lipinski definition) is 3. The third kappa shape index (κ3) is 4.13. The number of benzene rings is 3. The highest BCUT2D eigenvalue weighted by Gasteiger charge is 2.17. The molecule has 0 radical (unpaired) electrons. The van der Waals surface area contributed by atoms with E-state index in [9.17, 15) is 4.79 Å². The zero-order chi connectivity index (χ0) is 20.4. The zero-order valence-corrected chi connectivity index (χ0v) is 18.2. The molecule has 0 aliphatic heterocycles.